The summed E-state index contributed by atoms with van der Waals surface area (Å²) in [5, 5.41) is 3.33. The minimum Gasteiger partial charge on any atom is -0.478 e. The van der Waals surface area contributed by atoms with Crippen molar-refractivity contribution in [2.45, 2.75) is 13.5 Å². The van der Waals surface area contributed by atoms with Crippen LogP contribution in [0.2, 0.25) is 0 Å². The van der Waals surface area contributed by atoms with E-state index in [1.807, 2.05) is 13.0 Å². The number of hydrogen-bond acceptors (Lipinski definition) is 5. The summed E-state index contributed by atoms with van der Waals surface area (Å²) in [7, 11) is 0. The molecule has 1 fully saturated rings. The highest BCUT2D eigenvalue weighted by molar-refractivity contribution is 5.13. The van der Waals surface area contributed by atoms with Gasteiger partial charge in [0.2, 0.25) is 5.88 Å². The van der Waals surface area contributed by atoms with Gasteiger partial charge in [0.1, 0.15) is 6.33 Å². The molecule has 0 aliphatic carbocycles. The maximum Gasteiger partial charge on any atom is 0.216 e. The number of nitrogens with one attached hydrogen (secondary N) is 1. The summed E-state index contributed by atoms with van der Waals surface area (Å²) < 4.78 is 5.35. The molecule has 5 heteroatoms. The van der Waals surface area contributed by atoms with Crippen LogP contribution in [0.3, 0.4) is 0 Å². The van der Waals surface area contributed by atoms with Gasteiger partial charge in [0.05, 0.1) is 12.3 Å². The maximum absolute atomic E-state index is 5.35. The second kappa shape index (κ2) is 5.77. The van der Waals surface area contributed by atoms with Crippen LogP contribution in [0.4, 0.5) is 0 Å². The Morgan fingerprint density at radius 1 is 1.38 bits per heavy atom. The van der Waals surface area contributed by atoms with Gasteiger partial charge in [-0.2, -0.15) is 0 Å². The van der Waals surface area contributed by atoms with Crippen LogP contribution in [0.5, 0.6) is 5.88 Å². The van der Waals surface area contributed by atoms with Crippen molar-refractivity contribution in [2.24, 2.45) is 0 Å². The SMILES string of the molecule is CCOc1cc(CN2CCNCC2)ncn1. The minimum atomic E-state index is 0.643. The van der Waals surface area contributed by atoms with Crippen LogP contribution >= 0.6 is 0 Å². The van der Waals surface area contributed by atoms with Crippen LogP contribution in [-0.2, 0) is 6.54 Å². The van der Waals surface area contributed by atoms with Crippen molar-refractivity contribution < 1.29 is 4.74 Å². The largest absolute Gasteiger partial charge is 0.478 e. The van der Waals surface area contributed by atoms with Gasteiger partial charge in [-0.25, -0.2) is 9.97 Å². The summed E-state index contributed by atoms with van der Waals surface area (Å²) in [6.45, 7) is 7.75. The van der Waals surface area contributed by atoms with Gasteiger partial charge in [0.15, 0.2) is 0 Å². The molecule has 1 N–H and O–H groups in total. The third-order valence-electron chi connectivity index (χ3n) is 2.59. The van der Waals surface area contributed by atoms with Crippen molar-refractivity contribution in [2.75, 3.05) is 32.8 Å². The third kappa shape index (κ3) is 3.15. The molecule has 0 radical (unpaired) electrons. The second-order valence-corrected chi connectivity index (χ2v) is 3.81. The number of rotatable bonds is 4. The first kappa shape index (κ1) is 11.3. The highest BCUT2D eigenvalue weighted by Crippen LogP contribution is 2.09. The van der Waals surface area contributed by atoms with Gasteiger partial charge in [-0.1, -0.05) is 0 Å². The molecule has 0 atom stereocenters. The number of hydrogen-bond donors (Lipinski definition) is 1. The monoisotopic (exact) mass is 222 g/mol. The van der Waals surface area contributed by atoms with E-state index in [1.54, 1.807) is 6.33 Å². The molecule has 1 aromatic rings. The Morgan fingerprint density at radius 3 is 2.94 bits per heavy atom. The minimum absolute atomic E-state index is 0.643. The van der Waals surface area contributed by atoms with Gasteiger partial charge in [0, 0.05) is 38.8 Å². The average molecular weight is 222 g/mol. The first-order chi connectivity index (χ1) is 7.88. The second-order valence-electron chi connectivity index (χ2n) is 3.81. The van der Waals surface area contributed by atoms with Crippen LogP contribution in [-0.4, -0.2) is 47.7 Å². The van der Waals surface area contributed by atoms with E-state index < -0.39 is 0 Å². The molecule has 0 unspecified atom stereocenters. The summed E-state index contributed by atoms with van der Waals surface area (Å²) in [6.07, 6.45) is 1.57. The fourth-order valence-corrected chi connectivity index (χ4v) is 1.79. The molecule has 0 saturated carbocycles. The molecule has 2 rings (SSSR count). The zero-order valence-electron chi connectivity index (χ0n) is 9.65. The fraction of sp³-hybridized carbons (Fsp3) is 0.636. The molecule has 16 heavy (non-hydrogen) atoms. The van der Waals surface area contributed by atoms with Crippen LogP contribution in [0.15, 0.2) is 12.4 Å². The molecule has 1 aliphatic heterocycles. The Morgan fingerprint density at radius 2 is 2.19 bits per heavy atom. The van der Waals surface area contributed by atoms with E-state index in [0.29, 0.717) is 12.5 Å². The predicted octanol–water partition coefficient (Wildman–Crippen LogP) is 0.280. The van der Waals surface area contributed by atoms with Crippen molar-refractivity contribution in [3.8, 4) is 5.88 Å². The maximum atomic E-state index is 5.35. The van der Waals surface area contributed by atoms with E-state index in [1.165, 1.54) is 0 Å². The van der Waals surface area contributed by atoms with Crippen molar-refractivity contribution in [3.05, 3.63) is 18.1 Å². The van der Waals surface area contributed by atoms with Gasteiger partial charge in [-0.15, -0.1) is 0 Å². The van der Waals surface area contributed by atoms with Crippen molar-refractivity contribution in [3.63, 3.8) is 0 Å². The molecular weight excluding hydrogens is 204 g/mol. The summed E-state index contributed by atoms with van der Waals surface area (Å²) in [5.74, 6) is 0.669. The van der Waals surface area contributed by atoms with E-state index in [2.05, 4.69) is 20.2 Å². The van der Waals surface area contributed by atoms with E-state index in [9.17, 15) is 0 Å². The zero-order valence-corrected chi connectivity index (χ0v) is 9.65. The molecular formula is C11H18N4O. The Hall–Kier alpha value is -1.20. The Labute approximate surface area is 95.8 Å². The smallest absolute Gasteiger partial charge is 0.216 e. The lowest BCUT2D eigenvalue weighted by Gasteiger charge is -2.26. The van der Waals surface area contributed by atoms with Crippen molar-refractivity contribution in [1.29, 1.82) is 0 Å². The van der Waals surface area contributed by atoms with Crippen molar-refractivity contribution in [1.82, 2.24) is 20.2 Å². The molecule has 0 spiro atoms. The molecule has 0 aromatic carbocycles. The number of nitrogens with zero attached hydrogens (tertiary/aromatic N) is 3. The molecule has 5 nitrogen and oxygen atoms in total. The van der Waals surface area contributed by atoms with Crippen LogP contribution in [0.25, 0.3) is 0 Å². The lowest BCUT2D eigenvalue weighted by molar-refractivity contribution is 0.230. The summed E-state index contributed by atoms with van der Waals surface area (Å²) >= 11 is 0. The Bertz CT molecular complexity index is 326. The molecule has 1 aliphatic rings. The molecule has 88 valence electrons. The van der Waals surface area contributed by atoms with Crippen LogP contribution < -0.4 is 10.1 Å². The first-order valence-corrected chi connectivity index (χ1v) is 5.75. The standard InChI is InChI=1S/C11H18N4O/c1-2-16-11-7-10(13-9-14-11)8-15-5-3-12-4-6-15/h7,9,12H,2-6,8H2,1H3. The molecule has 0 bridgehead atoms. The van der Waals surface area contributed by atoms with Gasteiger partial charge < -0.3 is 10.1 Å². The molecule has 0 amide bonds. The number of ether oxygens (including phenoxy) is 1. The summed E-state index contributed by atoms with van der Waals surface area (Å²) in [6, 6.07) is 1.92. The number of aromatic nitrogens is 2. The van der Waals surface area contributed by atoms with Crippen LogP contribution in [0, 0.1) is 0 Å². The summed E-state index contributed by atoms with van der Waals surface area (Å²) in [5.41, 5.74) is 1.03. The van der Waals surface area contributed by atoms with Gasteiger partial charge in [0.25, 0.3) is 0 Å². The van der Waals surface area contributed by atoms with E-state index in [-0.39, 0.29) is 0 Å². The lowest BCUT2D eigenvalue weighted by atomic mass is 10.3. The predicted molar refractivity (Wildman–Crippen MR) is 61.3 cm³/mol. The van der Waals surface area contributed by atoms with Crippen LogP contribution in [0.1, 0.15) is 12.6 Å². The van der Waals surface area contributed by atoms with Crippen molar-refractivity contribution >= 4 is 0 Å². The average Bonchev–Trinajstić information content (AvgIpc) is 2.31. The zero-order chi connectivity index (χ0) is 11.2. The normalized spacial score (nSPS) is 17.3. The first-order valence-electron chi connectivity index (χ1n) is 5.75. The quantitative estimate of drug-likeness (QED) is 0.793. The number of piperazine rings is 1. The van der Waals surface area contributed by atoms with Gasteiger partial charge >= 0.3 is 0 Å². The third-order valence-corrected chi connectivity index (χ3v) is 2.59. The van der Waals surface area contributed by atoms with E-state index in [0.717, 1.165) is 38.4 Å². The molecule has 1 saturated heterocycles. The van der Waals surface area contributed by atoms with E-state index in [4.69, 9.17) is 4.74 Å². The Balaban J connectivity index is 1.94. The summed E-state index contributed by atoms with van der Waals surface area (Å²) in [4.78, 5) is 10.7. The van der Waals surface area contributed by atoms with Gasteiger partial charge in [-0.05, 0) is 6.92 Å². The highest BCUT2D eigenvalue weighted by Gasteiger charge is 2.10. The molecule has 1 aromatic heterocycles. The van der Waals surface area contributed by atoms with Gasteiger partial charge in [-0.3, -0.25) is 4.90 Å². The highest BCUT2D eigenvalue weighted by atomic mass is 16.5. The topological polar surface area (TPSA) is 50.3 Å². The Kier molecular flexibility index (Phi) is 4.07. The lowest BCUT2D eigenvalue weighted by Crippen LogP contribution is -2.43. The molecule has 2 heterocycles. The van der Waals surface area contributed by atoms with E-state index >= 15 is 0 Å². The fourth-order valence-electron chi connectivity index (χ4n) is 1.79.